The Morgan fingerprint density at radius 3 is 2.72 bits per heavy atom. The molecule has 0 saturated carbocycles. The predicted molar refractivity (Wildman–Crippen MR) is 112 cm³/mol. The van der Waals surface area contributed by atoms with Crippen molar-refractivity contribution in [1.82, 2.24) is 34.6 Å². The molecule has 0 aliphatic carbocycles. The van der Waals surface area contributed by atoms with E-state index in [1.807, 2.05) is 24.3 Å². The summed E-state index contributed by atoms with van der Waals surface area (Å²) >= 11 is 0. The van der Waals surface area contributed by atoms with E-state index in [1.54, 1.807) is 33.2 Å². The van der Waals surface area contributed by atoms with Crippen molar-refractivity contribution >= 4 is 23.7 Å². The van der Waals surface area contributed by atoms with E-state index in [2.05, 4.69) is 25.4 Å². The van der Waals surface area contributed by atoms with Gasteiger partial charge in [-0.05, 0) is 37.6 Å². The molecule has 4 aromatic rings. The number of carbonyl (C=O) groups is 2. The maximum Gasteiger partial charge on any atom is 0.290 e. The average Bonchev–Trinajstić information content (AvgIpc) is 3.53. The van der Waals surface area contributed by atoms with Gasteiger partial charge in [0.25, 0.3) is 6.47 Å². The molecule has 1 aliphatic heterocycles. The zero-order valence-corrected chi connectivity index (χ0v) is 17.1. The van der Waals surface area contributed by atoms with Crippen LogP contribution in [0.1, 0.15) is 31.7 Å². The highest BCUT2D eigenvalue weighted by Gasteiger charge is 2.23. The predicted octanol–water partition coefficient (Wildman–Crippen LogP) is 1.25. The molecule has 3 aromatic heterocycles. The summed E-state index contributed by atoms with van der Waals surface area (Å²) in [4.78, 5) is 26.8. The molecule has 5 rings (SSSR count). The number of amides is 1. The van der Waals surface area contributed by atoms with Gasteiger partial charge in [-0.25, -0.2) is 4.98 Å². The Morgan fingerprint density at radius 2 is 2.00 bits per heavy atom. The third-order valence-corrected chi connectivity index (χ3v) is 4.85. The number of benzene rings is 1. The Kier molecular flexibility index (Phi) is 5.85. The monoisotopic (exact) mass is 436 g/mol. The Bertz CT molecular complexity index is 1270. The standard InChI is InChI=1S/C19H18N8O2.CH2O2/c1-12(28)18-21-19(13-4-2-5-14(10-13)25-9-3-6-17(25)29)27(24-18)16-8-7-15-22-20-11-26(15)23-16;2-1-3/h2,4-5,7-8,10-12,28H,3,6,9H2,1H3;1H,(H,2,3). The summed E-state index contributed by atoms with van der Waals surface area (Å²) in [6, 6.07) is 11.1. The lowest BCUT2D eigenvalue weighted by atomic mass is 10.1. The molecule has 32 heavy (non-hydrogen) atoms. The minimum atomic E-state index is -0.836. The second-order valence-electron chi connectivity index (χ2n) is 7.01. The largest absolute Gasteiger partial charge is 0.483 e. The number of aromatic nitrogens is 7. The number of rotatable bonds is 4. The average molecular weight is 436 g/mol. The first kappa shape index (κ1) is 21.1. The fourth-order valence-electron chi connectivity index (χ4n) is 3.42. The molecule has 164 valence electrons. The number of hydrogen-bond acceptors (Lipinski definition) is 8. The van der Waals surface area contributed by atoms with Crippen LogP contribution in [-0.2, 0) is 9.59 Å². The number of anilines is 1. The highest BCUT2D eigenvalue weighted by atomic mass is 16.3. The second-order valence-corrected chi connectivity index (χ2v) is 7.01. The van der Waals surface area contributed by atoms with Crippen LogP contribution in [0, 0.1) is 0 Å². The van der Waals surface area contributed by atoms with Crippen molar-refractivity contribution in [2.24, 2.45) is 0 Å². The van der Waals surface area contributed by atoms with Crippen molar-refractivity contribution in [3.8, 4) is 17.2 Å². The van der Waals surface area contributed by atoms with E-state index in [0.717, 1.165) is 17.7 Å². The Morgan fingerprint density at radius 1 is 1.19 bits per heavy atom. The first-order valence-corrected chi connectivity index (χ1v) is 9.83. The van der Waals surface area contributed by atoms with Gasteiger partial charge < -0.3 is 15.1 Å². The summed E-state index contributed by atoms with van der Waals surface area (Å²) in [5.41, 5.74) is 2.20. The molecule has 1 unspecified atom stereocenters. The van der Waals surface area contributed by atoms with Gasteiger partial charge in [-0.3, -0.25) is 9.59 Å². The van der Waals surface area contributed by atoms with Crippen LogP contribution in [-0.4, -0.2) is 63.7 Å². The van der Waals surface area contributed by atoms with Crippen LogP contribution in [0.3, 0.4) is 0 Å². The molecule has 2 N–H and O–H groups in total. The molecule has 1 amide bonds. The highest BCUT2D eigenvalue weighted by Crippen LogP contribution is 2.28. The number of fused-ring (bicyclic) bond motifs is 1. The molecular formula is C20H20N8O4. The quantitative estimate of drug-likeness (QED) is 0.450. The van der Waals surface area contributed by atoms with Gasteiger partial charge in [0.2, 0.25) is 5.91 Å². The normalized spacial score (nSPS) is 14.3. The number of nitrogens with zero attached hydrogens (tertiary/aromatic N) is 8. The Labute approximate surface area is 181 Å². The van der Waals surface area contributed by atoms with E-state index < -0.39 is 6.10 Å². The van der Waals surface area contributed by atoms with Gasteiger partial charge in [-0.15, -0.1) is 20.4 Å². The molecule has 0 radical (unpaired) electrons. The molecule has 1 saturated heterocycles. The fourth-order valence-corrected chi connectivity index (χ4v) is 3.42. The molecule has 0 spiro atoms. The first-order chi connectivity index (χ1) is 15.5. The highest BCUT2D eigenvalue weighted by molar-refractivity contribution is 5.95. The topological polar surface area (TPSA) is 152 Å². The van der Waals surface area contributed by atoms with Crippen molar-refractivity contribution in [2.75, 3.05) is 11.4 Å². The van der Waals surface area contributed by atoms with Gasteiger partial charge in [-0.2, -0.15) is 9.20 Å². The zero-order valence-electron chi connectivity index (χ0n) is 17.1. The van der Waals surface area contributed by atoms with Crippen LogP contribution >= 0.6 is 0 Å². The van der Waals surface area contributed by atoms with Crippen LogP contribution in [0.25, 0.3) is 22.9 Å². The van der Waals surface area contributed by atoms with Gasteiger partial charge in [-0.1, -0.05) is 12.1 Å². The summed E-state index contributed by atoms with van der Waals surface area (Å²) in [6.07, 6.45) is 2.09. The molecule has 1 aromatic carbocycles. The number of aliphatic hydroxyl groups excluding tert-OH is 1. The van der Waals surface area contributed by atoms with E-state index >= 15 is 0 Å². The summed E-state index contributed by atoms with van der Waals surface area (Å²) in [5.74, 6) is 1.44. The summed E-state index contributed by atoms with van der Waals surface area (Å²) in [6.45, 7) is 2.07. The van der Waals surface area contributed by atoms with Gasteiger partial charge in [0.05, 0.1) is 0 Å². The van der Waals surface area contributed by atoms with E-state index in [1.165, 1.54) is 6.33 Å². The molecule has 1 atom stereocenters. The summed E-state index contributed by atoms with van der Waals surface area (Å²) in [5, 5.41) is 33.6. The number of hydrogen-bond donors (Lipinski definition) is 2. The minimum absolute atomic E-state index is 0.119. The molecule has 1 fully saturated rings. The van der Waals surface area contributed by atoms with Crippen molar-refractivity contribution in [2.45, 2.75) is 25.9 Å². The fraction of sp³-hybridized carbons (Fsp3) is 0.250. The van der Waals surface area contributed by atoms with Gasteiger partial charge in [0.15, 0.2) is 23.1 Å². The van der Waals surface area contributed by atoms with Crippen molar-refractivity contribution in [3.63, 3.8) is 0 Å². The van der Waals surface area contributed by atoms with Gasteiger partial charge in [0, 0.05) is 24.2 Å². The maximum absolute atomic E-state index is 12.1. The Balaban J connectivity index is 0.000000775. The van der Waals surface area contributed by atoms with Crippen molar-refractivity contribution in [1.29, 1.82) is 0 Å². The van der Waals surface area contributed by atoms with E-state index in [9.17, 15) is 9.90 Å². The maximum atomic E-state index is 12.1. The summed E-state index contributed by atoms with van der Waals surface area (Å²) < 4.78 is 3.12. The molecule has 12 nitrogen and oxygen atoms in total. The molecule has 1 aliphatic rings. The van der Waals surface area contributed by atoms with Crippen LogP contribution in [0.4, 0.5) is 5.69 Å². The molecule has 0 bridgehead atoms. The Hall–Kier alpha value is -4.19. The second kappa shape index (κ2) is 8.89. The van der Waals surface area contributed by atoms with Crippen LogP contribution < -0.4 is 4.90 Å². The van der Waals surface area contributed by atoms with Crippen molar-refractivity contribution < 1.29 is 19.8 Å². The lowest BCUT2D eigenvalue weighted by Gasteiger charge is -2.16. The van der Waals surface area contributed by atoms with Crippen molar-refractivity contribution in [3.05, 3.63) is 48.5 Å². The number of carbonyl (C=O) groups excluding carboxylic acids is 1. The van der Waals surface area contributed by atoms with Crippen LogP contribution in [0.2, 0.25) is 0 Å². The zero-order chi connectivity index (χ0) is 22.7. The van der Waals surface area contributed by atoms with Gasteiger partial charge >= 0.3 is 0 Å². The van der Waals surface area contributed by atoms with Crippen LogP contribution in [0.5, 0.6) is 0 Å². The van der Waals surface area contributed by atoms with E-state index in [-0.39, 0.29) is 18.2 Å². The molecular weight excluding hydrogens is 416 g/mol. The minimum Gasteiger partial charge on any atom is -0.483 e. The third-order valence-electron chi connectivity index (χ3n) is 4.85. The lowest BCUT2D eigenvalue weighted by Crippen LogP contribution is -2.23. The summed E-state index contributed by atoms with van der Waals surface area (Å²) in [7, 11) is 0. The van der Waals surface area contributed by atoms with Gasteiger partial charge in [0.1, 0.15) is 12.4 Å². The van der Waals surface area contributed by atoms with E-state index in [0.29, 0.717) is 30.3 Å². The lowest BCUT2D eigenvalue weighted by molar-refractivity contribution is -0.123. The SMILES string of the molecule is CC(O)c1nc(-c2cccc(N3CCCC3=O)c2)n(-c2ccc3nncn3n2)n1.O=CO. The van der Waals surface area contributed by atoms with E-state index in [4.69, 9.17) is 9.90 Å². The molecule has 12 heteroatoms. The smallest absolute Gasteiger partial charge is 0.290 e. The number of carboxylic acid groups (broad SMARTS) is 1. The first-order valence-electron chi connectivity index (χ1n) is 9.83. The number of aliphatic hydroxyl groups is 1. The third kappa shape index (κ3) is 4.03. The molecule has 4 heterocycles. The van der Waals surface area contributed by atoms with Crippen LogP contribution in [0.15, 0.2) is 42.7 Å².